The number of nitrogens with two attached hydrogens (primary N) is 2. The highest BCUT2D eigenvalue weighted by molar-refractivity contribution is 6.42. The standard InChI is InChI=1S/C12H11Cl2N5O6/c13-5-2-1-4(3-6(5)14)19-12(16)17-11(15)18-24-9(22)7(20)8(21)10(23)25-19/h1-3,7-8,20-21H,(H4,15,16,17,18). The van der Waals surface area contributed by atoms with Gasteiger partial charge in [-0.1, -0.05) is 23.2 Å². The molecule has 2 unspecified atom stereocenters. The van der Waals surface area contributed by atoms with Crippen LogP contribution in [0.1, 0.15) is 0 Å². The van der Waals surface area contributed by atoms with Gasteiger partial charge in [0.1, 0.15) is 0 Å². The van der Waals surface area contributed by atoms with Crippen LogP contribution in [0.25, 0.3) is 0 Å². The van der Waals surface area contributed by atoms with E-state index in [0.717, 1.165) is 0 Å². The normalized spacial score (nSPS) is 26.5. The zero-order valence-corrected chi connectivity index (χ0v) is 13.7. The van der Waals surface area contributed by atoms with E-state index in [9.17, 15) is 19.8 Å². The zero-order valence-electron chi connectivity index (χ0n) is 12.2. The lowest BCUT2D eigenvalue weighted by Gasteiger charge is -2.23. The highest BCUT2D eigenvalue weighted by atomic mass is 35.5. The van der Waals surface area contributed by atoms with Crippen LogP contribution < -0.4 is 16.5 Å². The zero-order chi connectivity index (χ0) is 18.7. The van der Waals surface area contributed by atoms with Crippen LogP contribution in [-0.4, -0.2) is 46.3 Å². The van der Waals surface area contributed by atoms with Gasteiger partial charge in [-0.25, -0.2) is 9.59 Å². The van der Waals surface area contributed by atoms with E-state index in [1.54, 1.807) is 0 Å². The second-order valence-electron chi connectivity index (χ2n) is 4.52. The number of oxime groups is 1. The second kappa shape index (κ2) is 7.53. The van der Waals surface area contributed by atoms with Crippen LogP contribution in [0, 0.1) is 0 Å². The fourth-order valence-corrected chi connectivity index (χ4v) is 1.87. The number of guanidine groups is 2. The number of aliphatic hydroxyl groups is 2. The molecule has 1 aromatic carbocycles. The van der Waals surface area contributed by atoms with Crippen molar-refractivity contribution in [3.05, 3.63) is 28.2 Å². The largest absolute Gasteiger partial charge is 0.379 e. The van der Waals surface area contributed by atoms with Crippen LogP contribution in [0.15, 0.2) is 28.3 Å². The van der Waals surface area contributed by atoms with E-state index in [4.69, 9.17) is 39.5 Å². The van der Waals surface area contributed by atoms with Crippen molar-refractivity contribution in [1.29, 1.82) is 0 Å². The lowest BCUT2D eigenvalue weighted by molar-refractivity contribution is -0.172. The Labute approximate surface area is 149 Å². The Balaban J connectivity index is 2.48. The number of halogens is 2. The molecule has 0 aliphatic carbocycles. The van der Waals surface area contributed by atoms with Crippen molar-refractivity contribution >= 4 is 52.7 Å². The summed E-state index contributed by atoms with van der Waals surface area (Å²) in [5, 5.41) is 23.3. The van der Waals surface area contributed by atoms with E-state index in [1.165, 1.54) is 18.2 Å². The average Bonchev–Trinajstić information content (AvgIpc) is 2.58. The Morgan fingerprint density at radius 1 is 1.08 bits per heavy atom. The summed E-state index contributed by atoms with van der Waals surface area (Å²) in [7, 11) is 0. The number of aliphatic hydroxyl groups excluding tert-OH is 2. The molecule has 1 heterocycles. The van der Waals surface area contributed by atoms with Crippen molar-refractivity contribution < 1.29 is 29.5 Å². The summed E-state index contributed by atoms with van der Waals surface area (Å²) in [6, 6.07) is 4.01. The van der Waals surface area contributed by atoms with Gasteiger partial charge in [0.15, 0.2) is 12.2 Å². The molecule has 0 amide bonds. The third-order valence-corrected chi connectivity index (χ3v) is 3.51. The minimum Gasteiger partial charge on any atom is -0.379 e. The highest BCUT2D eigenvalue weighted by Gasteiger charge is 2.36. The average molecular weight is 392 g/mol. The van der Waals surface area contributed by atoms with E-state index >= 15 is 0 Å². The number of nitrogens with zero attached hydrogens (tertiary/aromatic N) is 3. The van der Waals surface area contributed by atoms with Gasteiger partial charge in [-0.2, -0.15) is 4.99 Å². The first kappa shape index (κ1) is 18.7. The van der Waals surface area contributed by atoms with Crippen molar-refractivity contribution in [3.63, 3.8) is 0 Å². The molecule has 13 heteroatoms. The SMILES string of the molecule is NC1=N/OC(=O)C(O)C(O)C(=O)ON(c2ccc(Cl)c(Cl)c2)\C(N)=N\1. The molecule has 0 aromatic heterocycles. The molecule has 0 saturated heterocycles. The number of hydrogen-bond acceptors (Lipinski definition) is 11. The van der Waals surface area contributed by atoms with Crippen LogP contribution in [0.4, 0.5) is 5.69 Å². The first-order valence-corrected chi connectivity index (χ1v) is 7.18. The van der Waals surface area contributed by atoms with Gasteiger partial charge in [-0.15, -0.1) is 5.06 Å². The summed E-state index contributed by atoms with van der Waals surface area (Å²) in [4.78, 5) is 36.0. The number of carbonyl (C=O) groups is 2. The predicted octanol–water partition coefficient (Wildman–Crippen LogP) is -0.919. The van der Waals surface area contributed by atoms with Gasteiger partial charge in [0.25, 0.3) is 5.96 Å². The molecule has 11 nitrogen and oxygen atoms in total. The second-order valence-corrected chi connectivity index (χ2v) is 5.34. The molecule has 2 atom stereocenters. The number of anilines is 1. The van der Waals surface area contributed by atoms with E-state index in [-0.39, 0.29) is 15.7 Å². The van der Waals surface area contributed by atoms with Crippen LogP contribution in [0.5, 0.6) is 0 Å². The van der Waals surface area contributed by atoms with E-state index < -0.39 is 36.1 Å². The highest BCUT2D eigenvalue weighted by Crippen LogP contribution is 2.27. The van der Waals surface area contributed by atoms with Gasteiger partial charge in [-0.3, -0.25) is 0 Å². The lowest BCUT2D eigenvalue weighted by atomic mass is 10.2. The summed E-state index contributed by atoms with van der Waals surface area (Å²) in [5.74, 6) is -4.04. The third kappa shape index (κ3) is 4.28. The minimum atomic E-state index is -2.29. The van der Waals surface area contributed by atoms with E-state index in [1.807, 2.05) is 0 Å². The molecule has 25 heavy (non-hydrogen) atoms. The summed E-state index contributed by atoms with van der Waals surface area (Å²) in [6.07, 6.45) is -4.57. The molecule has 1 aromatic rings. The molecular weight excluding hydrogens is 381 g/mol. The van der Waals surface area contributed by atoms with Crippen molar-refractivity contribution in [2.24, 2.45) is 21.6 Å². The quantitative estimate of drug-likeness (QED) is 0.441. The molecule has 1 aliphatic heterocycles. The van der Waals surface area contributed by atoms with Crippen LogP contribution in [-0.2, 0) is 19.3 Å². The molecule has 0 spiro atoms. The van der Waals surface area contributed by atoms with Crippen LogP contribution in [0.2, 0.25) is 10.0 Å². The molecule has 0 radical (unpaired) electrons. The molecular formula is C12H11Cl2N5O6. The number of hydroxylamine groups is 1. The van der Waals surface area contributed by atoms with Crippen molar-refractivity contribution in [1.82, 2.24) is 0 Å². The van der Waals surface area contributed by atoms with E-state index in [2.05, 4.69) is 15.0 Å². The van der Waals surface area contributed by atoms with Crippen LogP contribution in [0.3, 0.4) is 0 Å². The molecule has 2 rings (SSSR count). The van der Waals surface area contributed by atoms with Gasteiger partial charge in [0.2, 0.25) is 5.96 Å². The first-order chi connectivity index (χ1) is 11.7. The van der Waals surface area contributed by atoms with Crippen molar-refractivity contribution in [3.8, 4) is 0 Å². The summed E-state index contributed by atoms with van der Waals surface area (Å²) in [5.41, 5.74) is 11.1. The molecule has 134 valence electrons. The summed E-state index contributed by atoms with van der Waals surface area (Å²) >= 11 is 11.7. The Bertz CT molecular complexity index is 770. The maximum atomic E-state index is 11.9. The lowest BCUT2D eigenvalue weighted by Crippen LogP contribution is -2.46. The van der Waals surface area contributed by atoms with Crippen molar-refractivity contribution in [2.45, 2.75) is 12.2 Å². The smallest absolute Gasteiger partial charge is 0.366 e. The maximum absolute atomic E-state index is 11.9. The van der Waals surface area contributed by atoms with Crippen molar-refractivity contribution in [2.75, 3.05) is 5.06 Å². The summed E-state index contributed by atoms with van der Waals surface area (Å²) in [6.45, 7) is 0. The van der Waals surface area contributed by atoms with Crippen LogP contribution >= 0.6 is 23.2 Å². The Hall–Kier alpha value is -2.60. The first-order valence-electron chi connectivity index (χ1n) is 6.42. The minimum absolute atomic E-state index is 0.0741. The molecule has 1 aliphatic rings. The molecule has 6 N–H and O–H groups in total. The number of carbonyl (C=O) groups excluding carboxylic acids is 2. The Kier molecular flexibility index (Phi) is 5.64. The molecule has 0 saturated carbocycles. The molecule has 0 bridgehead atoms. The van der Waals surface area contributed by atoms with Gasteiger partial charge >= 0.3 is 11.9 Å². The van der Waals surface area contributed by atoms with Gasteiger partial charge in [0.05, 0.1) is 15.7 Å². The predicted molar refractivity (Wildman–Crippen MR) is 86.4 cm³/mol. The third-order valence-electron chi connectivity index (χ3n) is 2.77. The van der Waals surface area contributed by atoms with E-state index in [0.29, 0.717) is 5.06 Å². The van der Waals surface area contributed by atoms with Gasteiger partial charge in [0, 0.05) is 0 Å². The fourth-order valence-electron chi connectivity index (χ4n) is 1.57. The molecule has 0 fully saturated rings. The van der Waals surface area contributed by atoms with Gasteiger partial charge in [-0.05, 0) is 23.4 Å². The number of rotatable bonds is 1. The number of hydrogen-bond donors (Lipinski definition) is 4. The number of benzene rings is 1. The summed E-state index contributed by atoms with van der Waals surface area (Å²) < 4.78 is 0. The Morgan fingerprint density at radius 3 is 2.36 bits per heavy atom. The maximum Gasteiger partial charge on any atom is 0.366 e. The fraction of sp³-hybridized carbons (Fsp3) is 0.167. The number of aliphatic imine (C=N–C) groups is 1. The topological polar surface area (TPSA) is 173 Å². The van der Waals surface area contributed by atoms with Gasteiger partial charge < -0.3 is 31.4 Å². The monoisotopic (exact) mass is 391 g/mol. The Morgan fingerprint density at radius 2 is 1.72 bits per heavy atom.